The second-order valence-corrected chi connectivity index (χ2v) is 3.68. The summed E-state index contributed by atoms with van der Waals surface area (Å²) in [6.45, 7) is 0.349. The summed E-state index contributed by atoms with van der Waals surface area (Å²) >= 11 is 0. The Labute approximate surface area is 104 Å². The zero-order valence-electron chi connectivity index (χ0n) is 9.83. The van der Waals surface area contributed by atoms with Crippen molar-refractivity contribution >= 4 is 0 Å². The number of hydrogen-bond donors (Lipinski definition) is 0. The predicted molar refractivity (Wildman–Crippen MR) is 65.3 cm³/mol. The van der Waals surface area contributed by atoms with E-state index in [0.29, 0.717) is 18.0 Å². The molecule has 0 aliphatic heterocycles. The van der Waals surface area contributed by atoms with Gasteiger partial charge in [-0.15, -0.1) is 5.10 Å². The number of ether oxygens (including phenoxy) is 1. The van der Waals surface area contributed by atoms with Gasteiger partial charge in [0.15, 0.2) is 0 Å². The first-order valence-corrected chi connectivity index (χ1v) is 5.34. The third-order valence-electron chi connectivity index (χ3n) is 2.47. The van der Waals surface area contributed by atoms with E-state index in [9.17, 15) is 4.79 Å². The molecule has 0 fully saturated rings. The van der Waals surface area contributed by atoms with E-state index in [1.807, 2.05) is 6.07 Å². The van der Waals surface area contributed by atoms with Gasteiger partial charge in [-0.05, 0) is 17.7 Å². The maximum absolute atomic E-state index is 11.6. The van der Waals surface area contributed by atoms with E-state index < -0.39 is 0 Å². The number of methoxy groups -OCH3 is 1. The molecule has 0 saturated heterocycles. The third-order valence-corrected chi connectivity index (χ3v) is 2.47. The van der Waals surface area contributed by atoms with Crippen molar-refractivity contribution in [2.24, 2.45) is 0 Å². The molecule has 0 spiro atoms. The zero-order valence-corrected chi connectivity index (χ0v) is 9.83. The van der Waals surface area contributed by atoms with Crippen molar-refractivity contribution in [2.75, 3.05) is 7.11 Å². The highest BCUT2D eigenvalue weighted by atomic mass is 16.5. The van der Waals surface area contributed by atoms with E-state index in [1.54, 1.807) is 24.3 Å². The van der Waals surface area contributed by atoms with Crippen LogP contribution in [0.2, 0.25) is 0 Å². The van der Waals surface area contributed by atoms with Crippen molar-refractivity contribution in [3.05, 3.63) is 57.9 Å². The molecule has 1 heterocycles. The van der Waals surface area contributed by atoms with Crippen LogP contribution in [0.4, 0.5) is 0 Å². The molecule has 1 aromatic carbocycles. The second-order valence-electron chi connectivity index (χ2n) is 3.68. The van der Waals surface area contributed by atoms with E-state index in [4.69, 9.17) is 10.00 Å². The van der Waals surface area contributed by atoms with Crippen LogP contribution in [0.15, 0.2) is 41.2 Å². The monoisotopic (exact) mass is 241 g/mol. The summed E-state index contributed by atoms with van der Waals surface area (Å²) in [6.07, 6.45) is 0. The Balaban J connectivity index is 2.28. The summed E-state index contributed by atoms with van der Waals surface area (Å²) in [5.74, 6) is 0.392. The fourth-order valence-corrected chi connectivity index (χ4v) is 1.51. The fourth-order valence-electron chi connectivity index (χ4n) is 1.51. The van der Waals surface area contributed by atoms with E-state index in [0.717, 1.165) is 5.56 Å². The van der Waals surface area contributed by atoms with Crippen LogP contribution in [0.3, 0.4) is 0 Å². The first-order chi connectivity index (χ1) is 8.72. The quantitative estimate of drug-likeness (QED) is 0.809. The number of nitrogens with zero attached hydrogens (tertiary/aromatic N) is 3. The van der Waals surface area contributed by atoms with Crippen molar-refractivity contribution in [3.63, 3.8) is 0 Å². The van der Waals surface area contributed by atoms with E-state index in [-0.39, 0.29) is 5.56 Å². The van der Waals surface area contributed by atoms with Crippen molar-refractivity contribution in [1.82, 2.24) is 9.78 Å². The largest absolute Gasteiger partial charge is 0.480 e. The van der Waals surface area contributed by atoms with Crippen molar-refractivity contribution in [2.45, 2.75) is 6.54 Å². The van der Waals surface area contributed by atoms with Gasteiger partial charge in [0.2, 0.25) is 5.88 Å². The molecule has 0 saturated carbocycles. The Bertz CT molecular complexity index is 639. The van der Waals surface area contributed by atoms with E-state index in [2.05, 4.69) is 5.10 Å². The molecule has 0 aliphatic rings. The second kappa shape index (κ2) is 5.15. The van der Waals surface area contributed by atoms with Crippen molar-refractivity contribution in [3.8, 4) is 11.9 Å². The van der Waals surface area contributed by atoms with Gasteiger partial charge in [0.1, 0.15) is 0 Å². The summed E-state index contributed by atoms with van der Waals surface area (Å²) in [6, 6.07) is 12.0. The zero-order chi connectivity index (χ0) is 13.0. The van der Waals surface area contributed by atoms with Crippen molar-refractivity contribution in [1.29, 1.82) is 5.26 Å². The van der Waals surface area contributed by atoms with Crippen LogP contribution >= 0.6 is 0 Å². The summed E-state index contributed by atoms with van der Waals surface area (Å²) in [5, 5.41) is 12.7. The molecule has 90 valence electrons. The number of aromatic nitrogens is 2. The highest BCUT2D eigenvalue weighted by Crippen LogP contribution is 2.05. The summed E-state index contributed by atoms with van der Waals surface area (Å²) < 4.78 is 6.29. The standard InChI is InChI=1S/C13H11N3O2/c1-18-12-6-7-13(17)16(15-12)9-11-4-2-10(8-14)3-5-11/h2-7H,9H2,1H3. The minimum absolute atomic E-state index is 0.194. The molecule has 5 nitrogen and oxygen atoms in total. The number of nitriles is 1. The van der Waals surface area contributed by atoms with Crippen LogP contribution in [0.25, 0.3) is 0 Å². The average molecular weight is 241 g/mol. The van der Waals surface area contributed by atoms with Gasteiger partial charge in [-0.2, -0.15) is 5.26 Å². The summed E-state index contributed by atoms with van der Waals surface area (Å²) in [5.41, 5.74) is 1.29. The average Bonchev–Trinajstić information content (AvgIpc) is 2.42. The molecule has 0 atom stereocenters. The highest BCUT2D eigenvalue weighted by molar-refractivity contribution is 5.31. The minimum atomic E-state index is -0.194. The molecule has 0 radical (unpaired) electrons. The van der Waals surface area contributed by atoms with E-state index in [1.165, 1.54) is 23.9 Å². The number of rotatable bonds is 3. The van der Waals surface area contributed by atoms with Gasteiger partial charge in [-0.25, -0.2) is 4.68 Å². The van der Waals surface area contributed by atoms with Crippen LogP contribution < -0.4 is 10.3 Å². The fraction of sp³-hybridized carbons (Fsp3) is 0.154. The van der Waals surface area contributed by atoms with Gasteiger partial charge in [0.25, 0.3) is 5.56 Å². The lowest BCUT2D eigenvalue weighted by molar-refractivity contribution is 0.379. The Morgan fingerprint density at radius 1 is 1.28 bits per heavy atom. The molecule has 1 aromatic heterocycles. The predicted octanol–water partition coefficient (Wildman–Crippen LogP) is 1.17. The van der Waals surface area contributed by atoms with Crippen LogP contribution in [0, 0.1) is 11.3 Å². The SMILES string of the molecule is COc1ccc(=O)n(Cc2ccc(C#N)cc2)n1. The maximum atomic E-state index is 11.6. The topological polar surface area (TPSA) is 67.9 Å². The van der Waals surface area contributed by atoms with Crippen LogP contribution in [0.1, 0.15) is 11.1 Å². The Kier molecular flexibility index (Phi) is 3.39. The summed E-state index contributed by atoms with van der Waals surface area (Å²) in [7, 11) is 1.50. The Morgan fingerprint density at radius 3 is 2.61 bits per heavy atom. The molecular formula is C13H11N3O2. The Morgan fingerprint density at radius 2 is 2.00 bits per heavy atom. The molecule has 0 amide bonds. The third kappa shape index (κ3) is 2.55. The lowest BCUT2D eigenvalue weighted by Gasteiger charge is -2.06. The normalized spacial score (nSPS) is 9.78. The maximum Gasteiger partial charge on any atom is 0.267 e. The first kappa shape index (κ1) is 11.9. The molecule has 0 aliphatic carbocycles. The van der Waals surface area contributed by atoms with Crippen molar-refractivity contribution < 1.29 is 4.74 Å². The van der Waals surface area contributed by atoms with Gasteiger partial charge in [-0.3, -0.25) is 4.79 Å². The molecule has 18 heavy (non-hydrogen) atoms. The molecule has 0 bridgehead atoms. The minimum Gasteiger partial charge on any atom is -0.480 e. The molecular weight excluding hydrogens is 230 g/mol. The van der Waals surface area contributed by atoms with Gasteiger partial charge in [0, 0.05) is 12.1 Å². The molecule has 0 unspecified atom stereocenters. The summed E-state index contributed by atoms with van der Waals surface area (Å²) in [4.78, 5) is 11.6. The van der Waals surface area contributed by atoms with Crippen LogP contribution in [0.5, 0.6) is 5.88 Å². The number of benzene rings is 1. The Hall–Kier alpha value is -2.61. The van der Waals surface area contributed by atoms with E-state index >= 15 is 0 Å². The first-order valence-electron chi connectivity index (χ1n) is 5.34. The smallest absolute Gasteiger partial charge is 0.267 e. The molecule has 2 rings (SSSR count). The molecule has 2 aromatic rings. The number of hydrogen-bond acceptors (Lipinski definition) is 4. The van der Waals surface area contributed by atoms with Gasteiger partial charge in [-0.1, -0.05) is 12.1 Å². The van der Waals surface area contributed by atoms with Gasteiger partial charge < -0.3 is 4.74 Å². The lowest BCUT2D eigenvalue weighted by atomic mass is 10.1. The molecule has 0 N–H and O–H groups in total. The van der Waals surface area contributed by atoms with Gasteiger partial charge in [0.05, 0.1) is 25.3 Å². The van der Waals surface area contributed by atoms with Crippen LogP contribution in [-0.4, -0.2) is 16.9 Å². The highest BCUT2D eigenvalue weighted by Gasteiger charge is 2.02. The van der Waals surface area contributed by atoms with Crippen LogP contribution in [-0.2, 0) is 6.54 Å². The molecule has 5 heteroatoms. The lowest BCUT2D eigenvalue weighted by Crippen LogP contribution is -2.22. The van der Waals surface area contributed by atoms with Gasteiger partial charge >= 0.3 is 0 Å².